The molecule has 4 rings (SSSR count). The summed E-state index contributed by atoms with van der Waals surface area (Å²) in [6.45, 7) is 0. The quantitative estimate of drug-likeness (QED) is 0.876. The molecule has 2 saturated carbocycles. The Morgan fingerprint density at radius 1 is 1.08 bits per heavy atom. The molecule has 0 unspecified atom stereocenters. The second-order valence-corrected chi connectivity index (χ2v) is 7.31. The fourth-order valence-corrected chi connectivity index (χ4v) is 3.91. The Morgan fingerprint density at radius 3 is 2.32 bits per heavy atom. The molecule has 4 heteroatoms. The van der Waals surface area contributed by atoms with E-state index in [4.69, 9.17) is 0 Å². The minimum absolute atomic E-state index is 0.104. The lowest BCUT2D eigenvalue weighted by Gasteiger charge is -2.39. The molecular formula is C21H22FNO2. The van der Waals surface area contributed by atoms with Gasteiger partial charge in [-0.25, -0.2) is 4.39 Å². The average Bonchev–Trinajstić information content (AvgIpc) is 3.40. The van der Waals surface area contributed by atoms with Gasteiger partial charge in [0.05, 0.1) is 17.6 Å². The molecule has 2 aliphatic carbocycles. The molecule has 0 heterocycles. The van der Waals surface area contributed by atoms with Gasteiger partial charge in [0.15, 0.2) is 0 Å². The average molecular weight is 339 g/mol. The van der Waals surface area contributed by atoms with Crippen LogP contribution in [0.5, 0.6) is 0 Å². The number of amides is 1. The zero-order valence-electron chi connectivity index (χ0n) is 14.0. The number of hydrogen-bond acceptors (Lipinski definition) is 2. The molecule has 1 amide bonds. The van der Waals surface area contributed by atoms with Crippen LogP contribution in [0.15, 0.2) is 54.6 Å². The Labute approximate surface area is 146 Å². The first-order valence-corrected chi connectivity index (χ1v) is 8.89. The van der Waals surface area contributed by atoms with Gasteiger partial charge in [-0.2, -0.15) is 0 Å². The molecule has 0 bridgehead atoms. The highest BCUT2D eigenvalue weighted by Crippen LogP contribution is 2.50. The summed E-state index contributed by atoms with van der Waals surface area (Å²) in [5.74, 6) is -0.198. The summed E-state index contributed by atoms with van der Waals surface area (Å²) in [6.07, 6.45) is 2.44. The second-order valence-electron chi connectivity index (χ2n) is 7.31. The molecule has 2 aromatic rings. The highest BCUT2D eigenvalue weighted by atomic mass is 19.1. The van der Waals surface area contributed by atoms with Gasteiger partial charge < -0.3 is 10.4 Å². The third-order valence-corrected chi connectivity index (χ3v) is 5.64. The second kappa shape index (κ2) is 6.26. The molecule has 0 aromatic heterocycles. The Balaban J connectivity index is 1.58. The van der Waals surface area contributed by atoms with E-state index in [-0.39, 0.29) is 29.8 Å². The number of aliphatic hydroxyl groups excluding tert-OH is 1. The Hall–Kier alpha value is -2.20. The third kappa shape index (κ3) is 2.95. The van der Waals surface area contributed by atoms with E-state index in [9.17, 15) is 14.3 Å². The minimum atomic E-state index is -0.735. The zero-order chi connectivity index (χ0) is 17.4. The van der Waals surface area contributed by atoms with Crippen LogP contribution in [0.25, 0.3) is 0 Å². The number of benzene rings is 2. The van der Waals surface area contributed by atoms with E-state index < -0.39 is 5.41 Å². The van der Waals surface area contributed by atoms with Gasteiger partial charge in [-0.1, -0.05) is 48.5 Å². The summed E-state index contributed by atoms with van der Waals surface area (Å²) in [7, 11) is 0. The lowest BCUT2D eigenvalue weighted by molar-refractivity contribution is -0.125. The van der Waals surface area contributed by atoms with Crippen molar-refractivity contribution in [3.05, 3.63) is 71.5 Å². The van der Waals surface area contributed by atoms with Crippen molar-refractivity contribution in [2.24, 2.45) is 5.92 Å². The van der Waals surface area contributed by atoms with Crippen molar-refractivity contribution < 1.29 is 14.3 Å². The van der Waals surface area contributed by atoms with Gasteiger partial charge in [-0.3, -0.25) is 4.79 Å². The smallest absolute Gasteiger partial charge is 0.231 e. The van der Waals surface area contributed by atoms with Crippen LogP contribution in [0.1, 0.15) is 42.9 Å². The van der Waals surface area contributed by atoms with Gasteiger partial charge in [0.25, 0.3) is 0 Å². The molecule has 0 saturated heterocycles. The highest BCUT2D eigenvalue weighted by molar-refractivity contribution is 5.91. The topological polar surface area (TPSA) is 49.3 Å². The summed E-state index contributed by atoms with van der Waals surface area (Å²) in [5, 5.41) is 12.8. The van der Waals surface area contributed by atoms with Crippen LogP contribution < -0.4 is 5.32 Å². The number of carbonyl (C=O) groups excluding carboxylic acids is 1. The SMILES string of the molecule is O=C(N[C@@H](c1ccccc1)C1CC(O)C1)C1(c2ccccc2F)CC1. The van der Waals surface area contributed by atoms with Crippen LogP contribution in [-0.4, -0.2) is 17.1 Å². The van der Waals surface area contributed by atoms with Crippen LogP contribution in [0, 0.1) is 11.7 Å². The lowest BCUT2D eigenvalue weighted by Crippen LogP contribution is -2.44. The number of rotatable bonds is 5. The zero-order valence-corrected chi connectivity index (χ0v) is 14.0. The van der Waals surface area contributed by atoms with Crippen LogP contribution in [0.3, 0.4) is 0 Å². The maximum absolute atomic E-state index is 14.2. The molecule has 2 aromatic carbocycles. The van der Waals surface area contributed by atoms with E-state index in [2.05, 4.69) is 5.32 Å². The first kappa shape index (κ1) is 16.3. The maximum atomic E-state index is 14.2. The van der Waals surface area contributed by atoms with E-state index in [1.165, 1.54) is 6.07 Å². The molecule has 0 radical (unpaired) electrons. The van der Waals surface area contributed by atoms with Crippen molar-refractivity contribution in [1.82, 2.24) is 5.32 Å². The van der Waals surface area contributed by atoms with Gasteiger partial charge in [0.2, 0.25) is 5.91 Å². The Kier molecular flexibility index (Phi) is 4.08. The Morgan fingerprint density at radius 2 is 1.72 bits per heavy atom. The highest BCUT2D eigenvalue weighted by Gasteiger charge is 2.53. The van der Waals surface area contributed by atoms with Crippen molar-refractivity contribution in [2.75, 3.05) is 0 Å². The van der Waals surface area contributed by atoms with Crippen molar-refractivity contribution >= 4 is 5.91 Å². The van der Waals surface area contributed by atoms with Gasteiger partial charge in [0, 0.05) is 5.56 Å². The van der Waals surface area contributed by atoms with E-state index >= 15 is 0 Å². The van der Waals surface area contributed by atoms with Crippen LogP contribution in [0.2, 0.25) is 0 Å². The normalized spacial score (nSPS) is 24.9. The van der Waals surface area contributed by atoms with E-state index in [1.54, 1.807) is 18.2 Å². The van der Waals surface area contributed by atoms with Crippen LogP contribution in [-0.2, 0) is 10.2 Å². The number of aliphatic hydroxyl groups is 1. The molecule has 130 valence electrons. The van der Waals surface area contributed by atoms with Gasteiger partial charge in [-0.05, 0) is 43.2 Å². The fraction of sp³-hybridized carbons (Fsp3) is 0.381. The predicted octanol–water partition coefficient (Wildman–Crippen LogP) is 3.49. The molecule has 3 nitrogen and oxygen atoms in total. The monoisotopic (exact) mass is 339 g/mol. The van der Waals surface area contributed by atoms with Crippen LogP contribution >= 0.6 is 0 Å². The molecular weight excluding hydrogens is 317 g/mol. The van der Waals surface area contributed by atoms with Gasteiger partial charge in [0.1, 0.15) is 5.82 Å². The van der Waals surface area contributed by atoms with E-state index in [1.807, 2.05) is 30.3 Å². The molecule has 2 fully saturated rings. The van der Waals surface area contributed by atoms with E-state index in [0.717, 1.165) is 5.56 Å². The van der Waals surface area contributed by atoms with Crippen molar-refractivity contribution in [2.45, 2.75) is 43.2 Å². The number of carbonyl (C=O) groups is 1. The van der Waals surface area contributed by atoms with Crippen molar-refractivity contribution in [3.63, 3.8) is 0 Å². The molecule has 1 atom stereocenters. The predicted molar refractivity (Wildman–Crippen MR) is 93.4 cm³/mol. The molecule has 0 aliphatic heterocycles. The number of hydrogen-bond donors (Lipinski definition) is 2. The van der Waals surface area contributed by atoms with Gasteiger partial charge in [-0.15, -0.1) is 0 Å². The first-order valence-electron chi connectivity index (χ1n) is 8.89. The fourth-order valence-electron chi connectivity index (χ4n) is 3.91. The molecule has 2 aliphatic rings. The minimum Gasteiger partial charge on any atom is -0.393 e. The summed E-state index contributed by atoms with van der Waals surface area (Å²) < 4.78 is 14.2. The largest absolute Gasteiger partial charge is 0.393 e. The summed E-state index contributed by atoms with van der Waals surface area (Å²) >= 11 is 0. The third-order valence-electron chi connectivity index (χ3n) is 5.64. The summed E-state index contributed by atoms with van der Waals surface area (Å²) in [5.41, 5.74) is 0.797. The standard InChI is InChI=1S/C21H22FNO2/c22-18-9-5-4-8-17(18)21(10-11-21)20(25)23-19(15-12-16(24)13-15)14-6-2-1-3-7-14/h1-9,15-16,19,24H,10-13H2,(H,23,25)/t15?,16?,19-/m0/s1. The van der Waals surface area contributed by atoms with Crippen molar-refractivity contribution in [1.29, 1.82) is 0 Å². The van der Waals surface area contributed by atoms with Crippen LogP contribution in [0.4, 0.5) is 4.39 Å². The lowest BCUT2D eigenvalue weighted by atomic mass is 9.74. The molecule has 2 N–H and O–H groups in total. The van der Waals surface area contributed by atoms with E-state index in [0.29, 0.717) is 31.2 Å². The number of halogens is 1. The van der Waals surface area contributed by atoms with Gasteiger partial charge >= 0.3 is 0 Å². The van der Waals surface area contributed by atoms with Crippen molar-refractivity contribution in [3.8, 4) is 0 Å². The summed E-state index contributed by atoms with van der Waals surface area (Å²) in [6, 6.07) is 16.3. The molecule has 0 spiro atoms. The maximum Gasteiger partial charge on any atom is 0.231 e. The number of nitrogens with one attached hydrogen (secondary N) is 1. The molecule has 25 heavy (non-hydrogen) atoms. The Bertz CT molecular complexity index is 766. The summed E-state index contributed by atoms with van der Waals surface area (Å²) in [4.78, 5) is 13.0. The first-order chi connectivity index (χ1) is 12.1.